The number of halogens is 1. The van der Waals surface area contributed by atoms with Gasteiger partial charge in [0.1, 0.15) is 11.6 Å². The molecule has 1 fully saturated rings. The van der Waals surface area contributed by atoms with Crippen LogP contribution < -0.4 is 0 Å². The summed E-state index contributed by atoms with van der Waals surface area (Å²) < 4.78 is 13.7. The molecule has 0 radical (unpaired) electrons. The maximum absolute atomic E-state index is 13.7. The minimum Gasteiger partial charge on any atom is -0.261 e. The predicted octanol–water partition coefficient (Wildman–Crippen LogP) is 3.58. The number of aliphatic imine (C=N–C) groups is 1. The molecule has 2 aliphatic heterocycles. The Hall–Kier alpha value is -2.45. The molecule has 0 unspecified atom stereocenters. The highest BCUT2D eigenvalue weighted by molar-refractivity contribution is 6.10. The van der Waals surface area contributed by atoms with E-state index in [1.807, 2.05) is 19.1 Å². The Kier molecular flexibility index (Phi) is 3.50. The number of nitriles is 1. The van der Waals surface area contributed by atoms with Gasteiger partial charge in [-0.2, -0.15) is 5.26 Å². The second kappa shape index (κ2) is 5.57. The molecule has 122 valence electrons. The highest BCUT2D eigenvalue weighted by atomic mass is 19.1. The van der Waals surface area contributed by atoms with E-state index in [2.05, 4.69) is 23.0 Å². The lowest BCUT2D eigenvalue weighted by Gasteiger charge is -2.37. The Morgan fingerprint density at radius 3 is 2.83 bits per heavy atom. The normalized spacial score (nSPS) is 21.6. The third-order valence-corrected chi connectivity index (χ3v) is 4.95. The van der Waals surface area contributed by atoms with Crippen LogP contribution in [0.5, 0.6) is 0 Å². The van der Waals surface area contributed by atoms with Gasteiger partial charge in [0.05, 0.1) is 17.3 Å². The SMILES string of the molecule is CC1=CC(c2cc(F)cc(C#N)c2)=NC2=CCN([C@@H](C)C3CC3)N12. The number of nitrogens with zero attached hydrogens (tertiary/aromatic N) is 4. The fourth-order valence-electron chi connectivity index (χ4n) is 3.49. The van der Waals surface area contributed by atoms with Gasteiger partial charge in [-0.3, -0.25) is 5.01 Å². The maximum Gasteiger partial charge on any atom is 0.145 e. The highest BCUT2D eigenvalue weighted by Crippen LogP contribution is 2.39. The van der Waals surface area contributed by atoms with E-state index >= 15 is 0 Å². The van der Waals surface area contributed by atoms with Crippen molar-refractivity contribution >= 4 is 5.71 Å². The van der Waals surface area contributed by atoms with Crippen molar-refractivity contribution in [2.24, 2.45) is 10.9 Å². The molecule has 1 saturated carbocycles. The molecule has 1 atom stereocenters. The van der Waals surface area contributed by atoms with Gasteiger partial charge in [-0.05, 0) is 63.0 Å². The second-order valence-electron chi connectivity index (χ2n) is 6.70. The summed E-state index contributed by atoms with van der Waals surface area (Å²) in [6.07, 6.45) is 6.68. The van der Waals surface area contributed by atoms with Gasteiger partial charge >= 0.3 is 0 Å². The topological polar surface area (TPSA) is 42.6 Å². The standard InChI is InChI=1S/C19H19FN4/c1-12-7-18(16-8-14(11-21)9-17(20)10-16)22-19-5-6-23(24(12)19)13(2)15-3-4-15/h5,7-10,13,15H,3-4,6H2,1-2H3/t13-/m0/s1. The first-order valence-electron chi connectivity index (χ1n) is 8.31. The van der Waals surface area contributed by atoms with Crippen LogP contribution in [0, 0.1) is 23.1 Å². The number of rotatable bonds is 3. The number of allylic oxidation sites excluding steroid dienone is 2. The molecule has 0 spiro atoms. The summed E-state index contributed by atoms with van der Waals surface area (Å²) >= 11 is 0. The minimum absolute atomic E-state index is 0.311. The van der Waals surface area contributed by atoms with Crippen LogP contribution in [0.4, 0.5) is 4.39 Å². The Morgan fingerprint density at radius 2 is 2.12 bits per heavy atom. The molecule has 0 saturated heterocycles. The van der Waals surface area contributed by atoms with E-state index < -0.39 is 5.82 Å². The monoisotopic (exact) mass is 322 g/mol. The fraction of sp³-hybridized carbons (Fsp3) is 0.368. The maximum atomic E-state index is 13.7. The van der Waals surface area contributed by atoms with Crippen molar-refractivity contribution in [3.8, 4) is 6.07 Å². The zero-order valence-electron chi connectivity index (χ0n) is 13.8. The van der Waals surface area contributed by atoms with Crippen LogP contribution in [0.15, 0.2) is 46.9 Å². The smallest absolute Gasteiger partial charge is 0.145 e. The van der Waals surface area contributed by atoms with Crippen LogP contribution in [0.1, 0.15) is 37.8 Å². The van der Waals surface area contributed by atoms with Crippen molar-refractivity contribution in [3.05, 3.63) is 58.8 Å². The summed E-state index contributed by atoms with van der Waals surface area (Å²) in [6.45, 7) is 5.17. The number of hydrogen-bond acceptors (Lipinski definition) is 4. The zero-order chi connectivity index (χ0) is 16.8. The van der Waals surface area contributed by atoms with Gasteiger partial charge < -0.3 is 0 Å². The molecule has 2 heterocycles. The molecule has 4 nitrogen and oxygen atoms in total. The molecule has 5 heteroatoms. The Labute approximate surface area is 141 Å². The van der Waals surface area contributed by atoms with Gasteiger partial charge in [-0.1, -0.05) is 0 Å². The fourth-order valence-corrected chi connectivity index (χ4v) is 3.49. The van der Waals surface area contributed by atoms with Gasteiger partial charge in [0.15, 0.2) is 0 Å². The van der Waals surface area contributed by atoms with Crippen LogP contribution >= 0.6 is 0 Å². The average molecular weight is 322 g/mol. The molecule has 1 aliphatic carbocycles. The molecule has 24 heavy (non-hydrogen) atoms. The summed E-state index contributed by atoms with van der Waals surface area (Å²) in [4.78, 5) is 4.70. The van der Waals surface area contributed by atoms with Crippen LogP contribution in [-0.4, -0.2) is 28.3 Å². The van der Waals surface area contributed by atoms with Gasteiger partial charge in [-0.25, -0.2) is 14.4 Å². The third kappa shape index (κ3) is 2.53. The summed E-state index contributed by atoms with van der Waals surface area (Å²) in [7, 11) is 0. The van der Waals surface area contributed by atoms with Crippen molar-refractivity contribution in [1.82, 2.24) is 10.0 Å². The van der Waals surface area contributed by atoms with Crippen molar-refractivity contribution in [2.45, 2.75) is 32.7 Å². The van der Waals surface area contributed by atoms with Crippen LogP contribution in [0.25, 0.3) is 0 Å². The van der Waals surface area contributed by atoms with E-state index in [4.69, 9.17) is 10.3 Å². The van der Waals surface area contributed by atoms with E-state index in [-0.39, 0.29) is 0 Å². The number of fused-ring (bicyclic) bond motifs is 1. The summed E-state index contributed by atoms with van der Waals surface area (Å²) in [5.41, 5.74) is 2.72. The van der Waals surface area contributed by atoms with E-state index in [0.29, 0.717) is 22.9 Å². The lowest BCUT2D eigenvalue weighted by atomic mass is 10.0. The zero-order valence-corrected chi connectivity index (χ0v) is 13.8. The largest absolute Gasteiger partial charge is 0.261 e. The molecule has 0 bridgehead atoms. The van der Waals surface area contributed by atoms with Gasteiger partial charge in [0, 0.05) is 23.8 Å². The molecule has 3 aliphatic rings. The number of hydrogen-bond donors (Lipinski definition) is 0. The summed E-state index contributed by atoms with van der Waals surface area (Å²) in [5, 5.41) is 13.6. The first-order valence-corrected chi connectivity index (χ1v) is 8.31. The van der Waals surface area contributed by atoms with E-state index in [1.165, 1.54) is 25.0 Å². The summed E-state index contributed by atoms with van der Waals surface area (Å²) in [6, 6.07) is 6.85. The van der Waals surface area contributed by atoms with Crippen LogP contribution in [0.3, 0.4) is 0 Å². The minimum atomic E-state index is -0.412. The molecule has 0 aromatic heterocycles. The average Bonchev–Trinajstić information content (AvgIpc) is 3.32. The number of hydrazine groups is 1. The molecular formula is C19H19FN4. The quantitative estimate of drug-likeness (QED) is 0.854. The van der Waals surface area contributed by atoms with Crippen LogP contribution in [-0.2, 0) is 0 Å². The molecular weight excluding hydrogens is 303 g/mol. The Balaban J connectivity index is 1.66. The highest BCUT2D eigenvalue weighted by Gasteiger charge is 2.38. The summed E-state index contributed by atoms with van der Waals surface area (Å²) in [5.74, 6) is 1.25. The van der Waals surface area contributed by atoms with Crippen LogP contribution in [0.2, 0.25) is 0 Å². The van der Waals surface area contributed by atoms with E-state index in [0.717, 1.165) is 24.0 Å². The van der Waals surface area contributed by atoms with Crippen molar-refractivity contribution in [3.63, 3.8) is 0 Å². The van der Waals surface area contributed by atoms with Gasteiger partial charge in [0.2, 0.25) is 0 Å². The Morgan fingerprint density at radius 1 is 1.33 bits per heavy atom. The first-order chi connectivity index (χ1) is 11.6. The Bertz CT molecular complexity index is 826. The van der Waals surface area contributed by atoms with E-state index in [1.54, 1.807) is 6.07 Å². The molecule has 1 aromatic rings. The molecule has 4 rings (SSSR count). The molecule has 0 N–H and O–H groups in total. The van der Waals surface area contributed by atoms with Gasteiger partial charge in [-0.15, -0.1) is 0 Å². The van der Waals surface area contributed by atoms with E-state index in [9.17, 15) is 4.39 Å². The third-order valence-electron chi connectivity index (χ3n) is 4.95. The lowest BCUT2D eigenvalue weighted by Crippen LogP contribution is -2.44. The van der Waals surface area contributed by atoms with Crippen molar-refractivity contribution in [2.75, 3.05) is 6.54 Å². The molecule has 1 aromatic carbocycles. The lowest BCUT2D eigenvalue weighted by molar-refractivity contribution is 0.0236. The van der Waals surface area contributed by atoms with Crippen molar-refractivity contribution in [1.29, 1.82) is 5.26 Å². The first kappa shape index (κ1) is 15.1. The molecule has 0 amide bonds. The predicted molar refractivity (Wildman–Crippen MR) is 90.2 cm³/mol. The number of benzene rings is 1. The second-order valence-corrected chi connectivity index (χ2v) is 6.70. The van der Waals surface area contributed by atoms with Crippen molar-refractivity contribution < 1.29 is 4.39 Å². The van der Waals surface area contributed by atoms with Gasteiger partial charge in [0.25, 0.3) is 0 Å².